The zero-order valence-corrected chi connectivity index (χ0v) is 15.5. The van der Waals surface area contributed by atoms with Crippen LogP contribution in [0.2, 0.25) is 0 Å². The molecule has 0 radical (unpaired) electrons. The van der Waals surface area contributed by atoms with Gasteiger partial charge >= 0.3 is 6.09 Å². The Kier molecular flexibility index (Phi) is 6.41. The Bertz CT molecular complexity index is 593. The number of aromatic nitrogens is 2. The Hall–Kier alpha value is -2.09. The number of piperazine rings is 1. The third kappa shape index (κ3) is 6.04. The minimum absolute atomic E-state index is 0.0874. The number of aryl methyl sites for hydroxylation is 2. The van der Waals surface area contributed by atoms with Gasteiger partial charge < -0.3 is 24.8 Å². The molecule has 8 nitrogen and oxygen atoms in total. The smallest absolute Gasteiger partial charge is 0.410 e. The van der Waals surface area contributed by atoms with Crippen molar-refractivity contribution in [2.24, 2.45) is 0 Å². The summed E-state index contributed by atoms with van der Waals surface area (Å²) in [7, 11) is 0. The minimum Gasteiger partial charge on any atom is -0.444 e. The summed E-state index contributed by atoms with van der Waals surface area (Å²) < 4.78 is 7.43. The molecule has 0 aliphatic carbocycles. The number of amides is 2. The fraction of sp³-hybridized carbons (Fsp3) is 0.706. The Labute approximate surface area is 148 Å². The fourth-order valence-electron chi connectivity index (χ4n) is 2.64. The number of ether oxygens (including phenoxy) is 1. The van der Waals surface area contributed by atoms with E-state index in [0.29, 0.717) is 26.2 Å². The molecule has 2 N–H and O–H groups in total. The van der Waals surface area contributed by atoms with Crippen molar-refractivity contribution >= 4 is 12.0 Å². The highest BCUT2D eigenvalue weighted by Crippen LogP contribution is 2.11. The summed E-state index contributed by atoms with van der Waals surface area (Å²) in [6, 6.07) is -0.406. The Morgan fingerprint density at radius 1 is 1.44 bits per heavy atom. The van der Waals surface area contributed by atoms with Gasteiger partial charge in [-0.3, -0.25) is 4.79 Å². The van der Waals surface area contributed by atoms with E-state index in [2.05, 4.69) is 20.2 Å². The molecule has 0 unspecified atom stereocenters. The van der Waals surface area contributed by atoms with Gasteiger partial charge in [0.05, 0.1) is 0 Å². The van der Waals surface area contributed by atoms with Crippen molar-refractivity contribution in [3.63, 3.8) is 0 Å². The first-order valence-electron chi connectivity index (χ1n) is 8.73. The van der Waals surface area contributed by atoms with E-state index in [1.807, 2.05) is 33.9 Å². The molecule has 140 valence electrons. The fourth-order valence-corrected chi connectivity index (χ4v) is 2.64. The van der Waals surface area contributed by atoms with Gasteiger partial charge in [-0.05, 0) is 34.1 Å². The molecule has 0 aromatic carbocycles. The maximum atomic E-state index is 12.3. The van der Waals surface area contributed by atoms with Gasteiger partial charge in [0.15, 0.2) is 0 Å². The molecule has 25 heavy (non-hydrogen) atoms. The van der Waals surface area contributed by atoms with E-state index in [4.69, 9.17) is 4.74 Å². The molecule has 0 bridgehead atoms. The number of imidazole rings is 1. The normalized spacial score (nSPS) is 18.1. The van der Waals surface area contributed by atoms with E-state index in [0.717, 1.165) is 18.8 Å². The van der Waals surface area contributed by atoms with Gasteiger partial charge in [0.2, 0.25) is 5.91 Å². The largest absolute Gasteiger partial charge is 0.444 e. The molecule has 2 amide bonds. The summed E-state index contributed by atoms with van der Waals surface area (Å²) in [5.74, 6) is 0.879. The molecular formula is C17H29N5O3. The van der Waals surface area contributed by atoms with E-state index >= 15 is 0 Å². The monoisotopic (exact) mass is 351 g/mol. The summed E-state index contributed by atoms with van der Waals surface area (Å²) in [5, 5.41) is 6.08. The maximum absolute atomic E-state index is 12.3. The number of hydrogen-bond acceptors (Lipinski definition) is 5. The zero-order valence-electron chi connectivity index (χ0n) is 15.5. The van der Waals surface area contributed by atoms with Gasteiger partial charge in [-0.2, -0.15) is 0 Å². The molecule has 8 heteroatoms. The quantitative estimate of drug-likeness (QED) is 0.770. The molecule has 1 aliphatic rings. The first-order chi connectivity index (χ1) is 11.8. The van der Waals surface area contributed by atoms with Crippen LogP contribution >= 0.6 is 0 Å². The molecular weight excluding hydrogens is 322 g/mol. The lowest BCUT2D eigenvalue weighted by molar-refractivity contribution is -0.124. The number of carbonyl (C=O) groups excluding carboxylic acids is 2. The predicted octanol–water partition coefficient (Wildman–Crippen LogP) is 0.907. The van der Waals surface area contributed by atoms with Crippen LogP contribution in [-0.4, -0.2) is 64.3 Å². The molecule has 1 saturated heterocycles. The molecule has 1 atom stereocenters. The minimum atomic E-state index is -0.537. The van der Waals surface area contributed by atoms with Crippen LogP contribution in [0.15, 0.2) is 12.4 Å². The Balaban J connectivity index is 1.73. The van der Waals surface area contributed by atoms with Gasteiger partial charge in [0.1, 0.15) is 17.5 Å². The standard InChI is InChI=1S/C17H29N5O3/c1-13-18-7-10-21(13)9-5-6-20-15(23)14-12-22(11-8-19-14)16(24)25-17(2,3)4/h7,10,14,19H,5-6,8-9,11-12H2,1-4H3,(H,20,23)/t14-/m1/s1. The average Bonchev–Trinajstić information content (AvgIpc) is 2.95. The molecule has 1 fully saturated rings. The van der Waals surface area contributed by atoms with Crippen molar-refractivity contribution in [2.45, 2.75) is 52.3 Å². The summed E-state index contributed by atoms with van der Waals surface area (Å²) >= 11 is 0. The zero-order chi connectivity index (χ0) is 18.4. The van der Waals surface area contributed by atoms with E-state index in [9.17, 15) is 9.59 Å². The van der Waals surface area contributed by atoms with E-state index in [1.54, 1.807) is 11.1 Å². The first-order valence-corrected chi connectivity index (χ1v) is 8.73. The number of hydrogen-bond donors (Lipinski definition) is 2. The van der Waals surface area contributed by atoms with Crippen LogP contribution in [0, 0.1) is 6.92 Å². The highest BCUT2D eigenvalue weighted by atomic mass is 16.6. The van der Waals surface area contributed by atoms with Crippen LogP contribution in [0.1, 0.15) is 33.0 Å². The molecule has 1 aromatic rings. The summed E-state index contributed by atoms with van der Waals surface area (Å²) in [6.07, 6.45) is 4.15. The van der Waals surface area contributed by atoms with Crippen molar-refractivity contribution in [2.75, 3.05) is 26.2 Å². The van der Waals surface area contributed by atoms with Crippen molar-refractivity contribution < 1.29 is 14.3 Å². The molecule has 2 rings (SSSR count). The Morgan fingerprint density at radius 3 is 2.84 bits per heavy atom. The van der Waals surface area contributed by atoms with E-state index in [1.165, 1.54) is 0 Å². The van der Waals surface area contributed by atoms with Crippen molar-refractivity contribution in [3.8, 4) is 0 Å². The number of nitrogens with one attached hydrogen (secondary N) is 2. The molecule has 0 saturated carbocycles. The summed E-state index contributed by atoms with van der Waals surface area (Å²) in [5.41, 5.74) is -0.537. The number of nitrogens with zero attached hydrogens (tertiary/aromatic N) is 3. The van der Waals surface area contributed by atoms with E-state index in [-0.39, 0.29) is 12.0 Å². The van der Waals surface area contributed by atoms with Gasteiger partial charge in [-0.1, -0.05) is 0 Å². The molecule has 2 heterocycles. The summed E-state index contributed by atoms with van der Waals surface area (Å²) in [4.78, 5) is 30.2. The lowest BCUT2D eigenvalue weighted by atomic mass is 10.2. The van der Waals surface area contributed by atoms with Crippen molar-refractivity contribution in [1.82, 2.24) is 25.1 Å². The highest BCUT2D eigenvalue weighted by Gasteiger charge is 2.30. The molecule has 1 aromatic heterocycles. The SMILES string of the molecule is Cc1nccn1CCCNC(=O)[C@H]1CN(C(=O)OC(C)(C)C)CCN1. The van der Waals surface area contributed by atoms with Crippen LogP contribution in [0.5, 0.6) is 0 Å². The second-order valence-electron chi connectivity index (χ2n) is 7.25. The molecule has 0 spiro atoms. The van der Waals surface area contributed by atoms with Crippen LogP contribution < -0.4 is 10.6 Å². The predicted molar refractivity (Wildman–Crippen MR) is 94.2 cm³/mol. The summed E-state index contributed by atoms with van der Waals surface area (Å²) in [6.45, 7) is 10.3. The van der Waals surface area contributed by atoms with Crippen LogP contribution in [0.3, 0.4) is 0 Å². The van der Waals surface area contributed by atoms with Crippen molar-refractivity contribution in [1.29, 1.82) is 0 Å². The second-order valence-corrected chi connectivity index (χ2v) is 7.25. The third-order valence-corrected chi connectivity index (χ3v) is 3.94. The van der Waals surface area contributed by atoms with Crippen LogP contribution in [0.25, 0.3) is 0 Å². The Morgan fingerprint density at radius 2 is 2.20 bits per heavy atom. The van der Waals surface area contributed by atoms with E-state index < -0.39 is 11.6 Å². The third-order valence-electron chi connectivity index (χ3n) is 3.94. The van der Waals surface area contributed by atoms with Gasteiger partial charge in [0, 0.05) is 45.1 Å². The highest BCUT2D eigenvalue weighted by molar-refractivity contribution is 5.83. The topological polar surface area (TPSA) is 88.5 Å². The lowest BCUT2D eigenvalue weighted by Gasteiger charge is -2.34. The van der Waals surface area contributed by atoms with Gasteiger partial charge in [0.25, 0.3) is 0 Å². The van der Waals surface area contributed by atoms with Crippen LogP contribution in [0.4, 0.5) is 4.79 Å². The van der Waals surface area contributed by atoms with Gasteiger partial charge in [-0.15, -0.1) is 0 Å². The maximum Gasteiger partial charge on any atom is 0.410 e. The van der Waals surface area contributed by atoms with Gasteiger partial charge in [-0.25, -0.2) is 9.78 Å². The van der Waals surface area contributed by atoms with Crippen molar-refractivity contribution in [3.05, 3.63) is 18.2 Å². The average molecular weight is 351 g/mol. The first kappa shape index (κ1) is 19.2. The number of rotatable bonds is 5. The number of carbonyl (C=O) groups is 2. The lowest BCUT2D eigenvalue weighted by Crippen LogP contribution is -2.58. The van der Waals surface area contributed by atoms with Crippen LogP contribution in [-0.2, 0) is 16.1 Å². The second kappa shape index (κ2) is 8.33. The molecule has 1 aliphatic heterocycles.